The zero-order valence-corrected chi connectivity index (χ0v) is 19.5. The topological polar surface area (TPSA) is 85.7 Å². The molecule has 3 rings (SSSR count). The fraction of sp³-hybridized carbons (Fsp3) is 0.560. The van der Waals surface area contributed by atoms with E-state index in [4.69, 9.17) is 16.2 Å². The van der Waals surface area contributed by atoms with Gasteiger partial charge in [0.25, 0.3) is 0 Å². The van der Waals surface area contributed by atoms with Crippen molar-refractivity contribution in [1.29, 1.82) is 0 Å². The molecular weight excluding hydrogens is 429 g/mol. The van der Waals surface area contributed by atoms with Crippen LogP contribution < -0.4 is 16.8 Å². The molecule has 0 radical (unpaired) electrons. The molecule has 3 aliphatic rings. The summed E-state index contributed by atoms with van der Waals surface area (Å²) >= 11 is 0. The maximum absolute atomic E-state index is 13.5. The molecular formula is C25H35F3N4O. The third-order valence-electron chi connectivity index (χ3n) is 6.47. The van der Waals surface area contributed by atoms with E-state index in [1.807, 2.05) is 6.08 Å². The molecule has 8 heteroatoms. The molecule has 1 saturated heterocycles. The van der Waals surface area contributed by atoms with Crippen LogP contribution in [0.1, 0.15) is 39.0 Å². The van der Waals surface area contributed by atoms with Crippen LogP contribution in [0.15, 0.2) is 63.0 Å². The first-order valence-electron chi connectivity index (χ1n) is 11.6. The van der Waals surface area contributed by atoms with Crippen molar-refractivity contribution in [2.45, 2.75) is 51.2 Å². The lowest BCUT2D eigenvalue weighted by Crippen LogP contribution is -2.25. The van der Waals surface area contributed by atoms with Gasteiger partial charge in [0, 0.05) is 43.7 Å². The van der Waals surface area contributed by atoms with E-state index in [0.29, 0.717) is 24.5 Å². The summed E-state index contributed by atoms with van der Waals surface area (Å²) in [6.07, 6.45) is 3.77. The van der Waals surface area contributed by atoms with Crippen LogP contribution in [-0.2, 0) is 4.74 Å². The number of nitrogens with one attached hydrogen (secondary N) is 1. The van der Waals surface area contributed by atoms with Gasteiger partial charge >= 0.3 is 6.18 Å². The molecule has 2 atom stereocenters. The second-order valence-electron chi connectivity index (χ2n) is 8.93. The number of halogens is 3. The first-order valence-corrected chi connectivity index (χ1v) is 11.6. The largest absolute Gasteiger partial charge is 0.488 e. The van der Waals surface area contributed by atoms with Crippen LogP contribution in [0, 0.1) is 11.8 Å². The van der Waals surface area contributed by atoms with Crippen LogP contribution >= 0.6 is 0 Å². The van der Waals surface area contributed by atoms with Gasteiger partial charge in [-0.1, -0.05) is 24.6 Å². The zero-order valence-electron chi connectivity index (χ0n) is 19.5. The normalized spacial score (nSPS) is 21.6. The van der Waals surface area contributed by atoms with Gasteiger partial charge in [0.05, 0.1) is 5.57 Å². The Morgan fingerprint density at radius 1 is 1.36 bits per heavy atom. The molecule has 0 spiro atoms. The number of fused-ring (bicyclic) bond motifs is 1. The number of aliphatic imine (C=N–C) groups is 1. The van der Waals surface area contributed by atoms with Crippen LogP contribution in [0.3, 0.4) is 0 Å². The van der Waals surface area contributed by atoms with E-state index in [-0.39, 0.29) is 11.6 Å². The highest BCUT2D eigenvalue weighted by atomic mass is 19.4. The first-order chi connectivity index (χ1) is 15.7. The summed E-state index contributed by atoms with van der Waals surface area (Å²) in [5.74, 6) is 1.36. The molecule has 0 aromatic carbocycles. The van der Waals surface area contributed by atoms with E-state index in [9.17, 15) is 13.2 Å². The minimum absolute atomic E-state index is 0.0180. The van der Waals surface area contributed by atoms with E-state index in [2.05, 4.69) is 23.8 Å². The fourth-order valence-electron chi connectivity index (χ4n) is 4.61. The zero-order chi connectivity index (χ0) is 24.2. The highest BCUT2D eigenvalue weighted by Gasteiger charge is 2.39. The molecule has 0 aromatic heterocycles. The van der Waals surface area contributed by atoms with E-state index < -0.39 is 17.8 Å². The Hall–Kier alpha value is -2.32. The predicted molar refractivity (Wildman–Crippen MR) is 127 cm³/mol. The number of nitrogens with two attached hydrogens (primary N) is 2. The molecule has 1 saturated carbocycles. The maximum Gasteiger partial charge on any atom is 0.419 e. The molecule has 2 fully saturated rings. The molecule has 2 aliphatic carbocycles. The Balaban J connectivity index is 1.76. The minimum Gasteiger partial charge on any atom is -0.488 e. The molecule has 0 aromatic rings. The molecule has 0 amide bonds. The quantitative estimate of drug-likeness (QED) is 0.174. The number of hydrogen-bond donors (Lipinski definition) is 3. The summed E-state index contributed by atoms with van der Waals surface area (Å²) in [6, 6.07) is -0.446. The van der Waals surface area contributed by atoms with Crippen LogP contribution in [0.25, 0.3) is 0 Å². The van der Waals surface area contributed by atoms with Crippen LogP contribution in [0.2, 0.25) is 0 Å². The van der Waals surface area contributed by atoms with Gasteiger partial charge < -0.3 is 21.5 Å². The van der Waals surface area contributed by atoms with Gasteiger partial charge in [0.15, 0.2) is 0 Å². The standard InChI is InChI=1S/C25H35F3N4O/c1-4-8-32-12-15(5-2)19-10-17(24-21(19)14-33-24)9-18(29)11-20(16-6-7-16)23(30)22(13-31-3)25(26,27)28/h4,11,13,15-16,18,32H,1,5-10,12,14,29-30H2,2-3H3/b20-11-,23-22?,31-13?. The average Bonchev–Trinajstić information content (AvgIpc) is 3.52. The van der Waals surface area contributed by atoms with Crippen molar-refractivity contribution in [3.63, 3.8) is 0 Å². The summed E-state index contributed by atoms with van der Waals surface area (Å²) in [6.45, 7) is 8.18. The van der Waals surface area contributed by atoms with Crippen molar-refractivity contribution >= 4 is 6.21 Å². The lowest BCUT2D eigenvalue weighted by atomic mass is 9.90. The van der Waals surface area contributed by atoms with Crippen molar-refractivity contribution in [2.75, 3.05) is 26.7 Å². The number of alkyl halides is 3. The van der Waals surface area contributed by atoms with Gasteiger partial charge in [0.2, 0.25) is 0 Å². The Morgan fingerprint density at radius 2 is 2.09 bits per heavy atom. The molecule has 1 heterocycles. The third kappa shape index (κ3) is 5.98. The molecule has 33 heavy (non-hydrogen) atoms. The number of allylic oxidation sites excluding steroid dienone is 2. The fourth-order valence-corrected chi connectivity index (χ4v) is 4.61. The van der Waals surface area contributed by atoms with Crippen molar-refractivity contribution in [1.82, 2.24) is 5.32 Å². The monoisotopic (exact) mass is 464 g/mol. The van der Waals surface area contributed by atoms with Gasteiger partial charge in [-0.05, 0) is 55.1 Å². The predicted octanol–water partition coefficient (Wildman–Crippen LogP) is 4.30. The van der Waals surface area contributed by atoms with Crippen molar-refractivity contribution < 1.29 is 17.9 Å². The summed E-state index contributed by atoms with van der Waals surface area (Å²) in [7, 11) is 1.30. The van der Waals surface area contributed by atoms with Gasteiger partial charge in [-0.2, -0.15) is 13.2 Å². The second kappa shape index (κ2) is 10.7. The van der Waals surface area contributed by atoms with E-state index >= 15 is 0 Å². The average molecular weight is 465 g/mol. The summed E-state index contributed by atoms with van der Waals surface area (Å²) in [5, 5.41) is 3.40. The number of nitrogens with zero attached hydrogens (tertiary/aromatic N) is 1. The Kier molecular flexibility index (Phi) is 8.23. The van der Waals surface area contributed by atoms with Crippen molar-refractivity contribution in [3.05, 3.63) is 58.1 Å². The van der Waals surface area contributed by atoms with Gasteiger partial charge in [-0.3, -0.25) is 4.99 Å². The third-order valence-corrected chi connectivity index (χ3v) is 6.47. The Morgan fingerprint density at radius 3 is 2.61 bits per heavy atom. The molecule has 0 bridgehead atoms. The molecule has 5 N–H and O–H groups in total. The minimum atomic E-state index is -4.57. The first kappa shape index (κ1) is 25.3. The number of rotatable bonds is 12. The lowest BCUT2D eigenvalue weighted by molar-refractivity contribution is -0.0863. The summed E-state index contributed by atoms with van der Waals surface area (Å²) in [4.78, 5) is 3.55. The molecule has 2 unspecified atom stereocenters. The van der Waals surface area contributed by atoms with E-state index in [0.717, 1.165) is 56.3 Å². The van der Waals surface area contributed by atoms with Crippen molar-refractivity contribution in [2.24, 2.45) is 28.3 Å². The SMILES string of the molecule is C=CCNCC(CC)C1=C2COC2=C(CC(N)/C=C(\C(N)=C(C=NC)C(F)(F)F)C2CC2)C1. The maximum atomic E-state index is 13.5. The molecule has 1 aliphatic heterocycles. The Labute approximate surface area is 194 Å². The highest BCUT2D eigenvalue weighted by Crippen LogP contribution is 2.46. The number of ether oxygens (including phenoxy) is 1. The molecule has 5 nitrogen and oxygen atoms in total. The van der Waals surface area contributed by atoms with Crippen LogP contribution in [0.4, 0.5) is 13.2 Å². The highest BCUT2D eigenvalue weighted by molar-refractivity contribution is 5.82. The molecule has 182 valence electrons. The summed E-state index contributed by atoms with van der Waals surface area (Å²) in [5.41, 5.74) is 15.5. The van der Waals surface area contributed by atoms with Crippen LogP contribution in [0.5, 0.6) is 0 Å². The number of hydrogen-bond acceptors (Lipinski definition) is 5. The second-order valence-corrected chi connectivity index (χ2v) is 8.93. The lowest BCUT2D eigenvalue weighted by Gasteiger charge is -2.26. The Bertz CT molecular complexity index is 907. The van der Waals surface area contributed by atoms with Gasteiger partial charge in [0.1, 0.15) is 12.4 Å². The van der Waals surface area contributed by atoms with Gasteiger partial charge in [-0.25, -0.2) is 0 Å². The van der Waals surface area contributed by atoms with E-state index in [1.54, 1.807) is 6.08 Å². The van der Waals surface area contributed by atoms with E-state index in [1.165, 1.54) is 18.2 Å². The van der Waals surface area contributed by atoms with Crippen LogP contribution in [-0.4, -0.2) is 45.2 Å². The van der Waals surface area contributed by atoms with Crippen molar-refractivity contribution in [3.8, 4) is 0 Å². The van der Waals surface area contributed by atoms with Gasteiger partial charge in [-0.15, -0.1) is 6.58 Å². The smallest absolute Gasteiger partial charge is 0.419 e. The summed E-state index contributed by atoms with van der Waals surface area (Å²) < 4.78 is 46.3.